The summed E-state index contributed by atoms with van der Waals surface area (Å²) in [5.74, 6) is -1.89. The van der Waals surface area contributed by atoms with Gasteiger partial charge in [-0.15, -0.1) is 0 Å². The Hall–Kier alpha value is -4.35. The van der Waals surface area contributed by atoms with Crippen molar-refractivity contribution >= 4 is 23.4 Å². The van der Waals surface area contributed by atoms with Gasteiger partial charge >= 0.3 is 5.97 Å². The van der Waals surface area contributed by atoms with Gasteiger partial charge in [-0.1, -0.05) is 72.8 Å². The molecule has 1 atom stereocenters. The molecule has 1 N–H and O–H groups in total. The van der Waals surface area contributed by atoms with Gasteiger partial charge in [-0.25, -0.2) is 4.79 Å². The van der Waals surface area contributed by atoms with Crippen LogP contribution in [-0.2, 0) is 15.3 Å². The van der Waals surface area contributed by atoms with Gasteiger partial charge < -0.3 is 19.5 Å². The molecule has 34 heavy (non-hydrogen) atoms. The fourth-order valence-corrected chi connectivity index (χ4v) is 4.13. The Labute approximate surface area is 198 Å². The zero-order valence-corrected chi connectivity index (χ0v) is 18.6. The van der Waals surface area contributed by atoms with Gasteiger partial charge in [0.15, 0.2) is 0 Å². The topological polar surface area (TPSA) is 59.0 Å². The molecular formula is C29H23NO4. The minimum absolute atomic E-state index is 0.274. The second kappa shape index (κ2) is 8.89. The predicted molar refractivity (Wildman–Crippen MR) is 132 cm³/mol. The lowest BCUT2D eigenvalue weighted by Crippen LogP contribution is -2.32. The van der Waals surface area contributed by atoms with Crippen LogP contribution in [0.2, 0.25) is 0 Å². The molecule has 168 valence electrons. The zero-order valence-electron chi connectivity index (χ0n) is 18.6. The van der Waals surface area contributed by atoms with Gasteiger partial charge in [-0.3, -0.25) is 0 Å². The van der Waals surface area contributed by atoms with Crippen molar-refractivity contribution in [2.45, 2.75) is 5.79 Å². The average molecular weight is 450 g/mol. The summed E-state index contributed by atoms with van der Waals surface area (Å²) >= 11 is 0. The van der Waals surface area contributed by atoms with Gasteiger partial charge in [-0.05, 0) is 48.0 Å². The third-order valence-electron chi connectivity index (χ3n) is 5.80. The van der Waals surface area contributed by atoms with E-state index in [2.05, 4.69) is 0 Å². The maximum absolute atomic E-state index is 13.7. The van der Waals surface area contributed by atoms with Gasteiger partial charge in [0.25, 0.3) is 5.79 Å². The molecule has 0 amide bonds. The van der Waals surface area contributed by atoms with Gasteiger partial charge in [0.05, 0.1) is 18.4 Å². The number of para-hydroxylation sites is 2. The Morgan fingerprint density at radius 1 is 0.824 bits per heavy atom. The lowest BCUT2D eigenvalue weighted by molar-refractivity contribution is -0.191. The molecule has 5 nitrogen and oxygen atoms in total. The van der Waals surface area contributed by atoms with E-state index in [4.69, 9.17) is 9.47 Å². The number of carbonyl (C=O) groups excluding carboxylic acids is 1. The molecule has 0 saturated heterocycles. The van der Waals surface area contributed by atoms with E-state index in [-0.39, 0.29) is 5.70 Å². The average Bonchev–Trinajstić information content (AvgIpc) is 2.98. The van der Waals surface area contributed by atoms with E-state index in [0.29, 0.717) is 22.6 Å². The first-order valence-electron chi connectivity index (χ1n) is 10.9. The standard InChI is InChI=1S/C29H23NO4/c1-33-24-18-16-21(17-19-24)20-27-28(31)34-29(32,22-10-4-2-5-11-22)25-14-8-9-15-26(25)30(27)23-12-6-3-7-13-23/h2-20,32H,1H3/b27-20+. The highest BCUT2D eigenvalue weighted by molar-refractivity contribution is 6.02. The number of benzene rings is 4. The number of hydrogen-bond acceptors (Lipinski definition) is 5. The predicted octanol–water partition coefficient (Wildman–Crippen LogP) is 5.62. The maximum Gasteiger partial charge on any atom is 0.358 e. The second-order valence-corrected chi connectivity index (χ2v) is 7.89. The van der Waals surface area contributed by atoms with Crippen molar-refractivity contribution in [2.24, 2.45) is 0 Å². The van der Waals surface area contributed by atoms with Crippen LogP contribution >= 0.6 is 0 Å². The minimum Gasteiger partial charge on any atom is -0.497 e. The van der Waals surface area contributed by atoms with Crippen molar-refractivity contribution in [3.05, 3.63) is 132 Å². The van der Waals surface area contributed by atoms with Crippen molar-refractivity contribution in [3.63, 3.8) is 0 Å². The molecule has 1 heterocycles. The minimum atomic E-state index is -1.96. The Kier molecular flexibility index (Phi) is 5.62. The van der Waals surface area contributed by atoms with Crippen molar-refractivity contribution in [1.29, 1.82) is 0 Å². The Morgan fingerprint density at radius 2 is 1.44 bits per heavy atom. The summed E-state index contributed by atoms with van der Waals surface area (Å²) in [6, 6.07) is 33.2. The molecule has 4 aromatic rings. The lowest BCUT2D eigenvalue weighted by atomic mass is 9.95. The maximum atomic E-state index is 13.7. The Balaban J connectivity index is 1.76. The van der Waals surface area contributed by atoms with Crippen LogP contribution in [-0.4, -0.2) is 18.2 Å². The van der Waals surface area contributed by atoms with Crippen LogP contribution in [0.5, 0.6) is 5.75 Å². The first kappa shape index (κ1) is 21.5. The molecule has 0 aliphatic carbocycles. The largest absolute Gasteiger partial charge is 0.497 e. The summed E-state index contributed by atoms with van der Waals surface area (Å²) in [5.41, 5.74) is 3.41. The lowest BCUT2D eigenvalue weighted by Gasteiger charge is -2.29. The Bertz CT molecular complexity index is 1330. The monoisotopic (exact) mass is 449 g/mol. The van der Waals surface area contributed by atoms with E-state index in [9.17, 15) is 9.90 Å². The number of hydrogen-bond donors (Lipinski definition) is 1. The molecule has 1 aliphatic heterocycles. The number of fused-ring (bicyclic) bond motifs is 1. The summed E-state index contributed by atoms with van der Waals surface area (Å²) in [6.45, 7) is 0. The summed E-state index contributed by atoms with van der Waals surface area (Å²) in [6.07, 6.45) is 1.75. The zero-order chi connectivity index (χ0) is 23.5. The van der Waals surface area contributed by atoms with E-state index in [0.717, 1.165) is 11.3 Å². The summed E-state index contributed by atoms with van der Waals surface area (Å²) < 4.78 is 11.1. The van der Waals surface area contributed by atoms with Crippen LogP contribution in [0, 0.1) is 0 Å². The van der Waals surface area contributed by atoms with Crippen molar-refractivity contribution in [3.8, 4) is 5.75 Å². The molecule has 5 rings (SSSR count). The van der Waals surface area contributed by atoms with E-state index in [1.54, 1.807) is 43.5 Å². The van der Waals surface area contributed by atoms with E-state index >= 15 is 0 Å². The summed E-state index contributed by atoms with van der Waals surface area (Å²) in [5, 5.41) is 11.8. The molecule has 1 unspecified atom stereocenters. The third kappa shape index (κ3) is 3.83. The van der Waals surface area contributed by atoms with Crippen molar-refractivity contribution in [2.75, 3.05) is 12.0 Å². The highest BCUT2D eigenvalue weighted by Crippen LogP contribution is 2.45. The van der Waals surface area contributed by atoms with Gasteiger partial charge in [0, 0.05) is 11.3 Å². The highest BCUT2D eigenvalue weighted by atomic mass is 16.7. The molecule has 0 spiro atoms. The number of anilines is 2. The number of nitrogens with zero attached hydrogens (tertiary/aromatic N) is 1. The highest BCUT2D eigenvalue weighted by Gasteiger charge is 2.44. The smallest absolute Gasteiger partial charge is 0.358 e. The van der Waals surface area contributed by atoms with Crippen molar-refractivity contribution < 1.29 is 19.4 Å². The van der Waals surface area contributed by atoms with Gasteiger partial charge in [0.1, 0.15) is 11.4 Å². The third-order valence-corrected chi connectivity index (χ3v) is 5.80. The number of cyclic esters (lactones) is 1. The fourth-order valence-electron chi connectivity index (χ4n) is 4.13. The number of aliphatic hydroxyl groups is 1. The summed E-state index contributed by atoms with van der Waals surface area (Å²) in [7, 11) is 1.61. The van der Waals surface area contributed by atoms with Crippen LogP contribution in [0.15, 0.2) is 115 Å². The second-order valence-electron chi connectivity index (χ2n) is 7.89. The molecule has 0 radical (unpaired) electrons. The molecule has 0 bridgehead atoms. The first-order chi connectivity index (χ1) is 16.6. The number of rotatable bonds is 4. The van der Waals surface area contributed by atoms with Gasteiger partial charge in [-0.2, -0.15) is 0 Å². The van der Waals surface area contributed by atoms with E-state index in [1.807, 2.05) is 83.8 Å². The van der Waals surface area contributed by atoms with Crippen molar-refractivity contribution in [1.82, 2.24) is 0 Å². The normalized spacial score (nSPS) is 18.7. The molecular weight excluding hydrogens is 426 g/mol. The Morgan fingerprint density at radius 3 is 2.12 bits per heavy atom. The van der Waals surface area contributed by atoms with Crippen LogP contribution in [0.4, 0.5) is 11.4 Å². The molecule has 0 aromatic heterocycles. The van der Waals surface area contributed by atoms with Gasteiger partial charge in [0.2, 0.25) is 0 Å². The fraction of sp³-hybridized carbons (Fsp3) is 0.0690. The van der Waals surface area contributed by atoms with Crippen LogP contribution in [0.1, 0.15) is 16.7 Å². The molecule has 0 saturated carbocycles. The van der Waals surface area contributed by atoms with Crippen LogP contribution < -0.4 is 9.64 Å². The van der Waals surface area contributed by atoms with Crippen LogP contribution in [0.3, 0.4) is 0 Å². The molecule has 0 fully saturated rings. The number of esters is 1. The number of ether oxygens (including phenoxy) is 2. The number of methoxy groups -OCH3 is 1. The molecule has 4 aromatic carbocycles. The van der Waals surface area contributed by atoms with Crippen LogP contribution in [0.25, 0.3) is 6.08 Å². The SMILES string of the molecule is COc1ccc(/C=C2\C(=O)OC(O)(c3ccccc3)c3ccccc3N2c2ccccc2)cc1. The molecule has 1 aliphatic rings. The van der Waals surface area contributed by atoms with E-state index < -0.39 is 11.8 Å². The van der Waals surface area contributed by atoms with E-state index in [1.165, 1.54) is 0 Å². The first-order valence-corrected chi connectivity index (χ1v) is 10.9. The number of carbonyl (C=O) groups is 1. The molecule has 5 heteroatoms. The summed E-state index contributed by atoms with van der Waals surface area (Å²) in [4.78, 5) is 15.5. The quantitative estimate of drug-likeness (QED) is 0.323.